The molecule has 202 valence electrons. The van der Waals surface area contributed by atoms with Crippen molar-refractivity contribution >= 4 is 23.5 Å². The van der Waals surface area contributed by atoms with Crippen LogP contribution in [0.2, 0.25) is 0 Å². The topological polar surface area (TPSA) is 109 Å². The van der Waals surface area contributed by atoms with Crippen molar-refractivity contribution in [2.75, 3.05) is 26.3 Å². The predicted molar refractivity (Wildman–Crippen MR) is 141 cm³/mol. The van der Waals surface area contributed by atoms with Crippen molar-refractivity contribution in [3.05, 3.63) is 65.5 Å². The number of carbonyl (C=O) groups excluding carboxylic acids is 3. The number of aliphatic hydroxyl groups is 1. The van der Waals surface area contributed by atoms with Crippen LogP contribution < -0.4 is 4.74 Å². The molecular weight excluding hydrogens is 486 g/mol. The first-order valence-electron chi connectivity index (χ1n) is 13.3. The van der Waals surface area contributed by atoms with Crippen LogP contribution in [0, 0.1) is 0 Å². The van der Waals surface area contributed by atoms with Gasteiger partial charge in [0.2, 0.25) is 0 Å². The van der Waals surface area contributed by atoms with Gasteiger partial charge in [-0.15, -0.1) is 0 Å². The van der Waals surface area contributed by atoms with Gasteiger partial charge in [0.1, 0.15) is 11.5 Å². The summed E-state index contributed by atoms with van der Waals surface area (Å²) in [5, 5.41) is 11.3. The number of hydrogen-bond acceptors (Lipinski definition) is 7. The molecule has 0 aliphatic carbocycles. The largest absolute Gasteiger partial charge is 0.507 e. The van der Waals surface area contributed by atoms with Gasteiger partial charge in [0, 0.05) is 37.1 Å². The molecule has 0 spiro atoms. The molecule has 1 N–H and O–H groups in total. The standard InChI is InChI=1S/C29H35N3O6/c1-3-5-6-18-38-23-11-9-20(10-12-23)26(33)24-25(21-8-7-15-30-19-21)32(28(35)27(24)34)22-13-16-31(17-14-22)29(36)37-4-2/h7-12,15,19,22,25,33H,3-6,13-14,16-18H2,1-2H3/b26-24+. The molecule has 4 rings (SSSR count). The zero-order valence-corrected chi connectivity index (χ0v) is 22.0. The van der Waals surface area contributed by atoms with Crippen molar-refractivity contribution in [2.24, 2.45) is 0 Å². The fourth-order valence-electron chi connectivity index (χ4n) is 5.04. The smallest absolute Gasteiger partial charge is 0.409 e. The first-order chi connectivity index (χ1) is 18.5. The minimum atomic E-state index is -0.784. The minimum Gasteiger partial charge on any atom is -0.507 e. The van der Waals surface area contributed by atoms with Gasteiger partial charge in [-0.25, -0.2) is 4.79 Å². The summed E-state index contributed by atoms with van der Waals surface area (Å²) in [7, 11) is 0. The lowest BCUT2D eigenvalue weighted by molar-refractivity contribution is -0.142. The maximum Gasteiger partial charge on any atom is 0.409 e. The van der Waals surface area contributed by atoms with Crippen molar-refractivity contribution < 1.29 is 29.0 Å². The SMILES string of the molecule is CCCCCOc1ccc(/C(O)=C2\C(=O)C(=O)N(C3CCN(C(=O)OCC)CC3)C2c2cccnc2)cc1. The number of hydrogen-bond donors (Lipinski definition) is 1. The number of likely N-dealkylation sites (tertiary alicyclic amines) is 2. The van der Waals surface area contributed by atoms with Gasteiger partial charge in [0.05, 0.1) is 24.8 Å². The molecule has 38 heavy (non-hydrogen) atoms. The number of unbranched alkanes of at least 4 members (excludes halogenated alkanes) is 2. The van der Waals surface area contributed by atoms with E-state index in [1.807, 2.05) is 0 Å². The molecule has 1 aromatic carbocycles. The monoisotopic (exact) mass is 521 g/mol. The van der Waals surface area contributed by atoms with Crippen LogP contribution in [0.5, 0.6) is 5.75 Å². The number of piperidine rings is 1. The van der Waals surface area contributed by atoms with Gasteiger partial charge in [-0.1, -0.05) is 25.8 Å². The highest BCUT2D eigenvalue weighted by Crippen LogP contribution is 2.42. The summed E-state index contributed by atoms with van der Waals surface area (Å²) in [6.45, 7) is 5.61. The number of benzene rings is 1. The summed E-state index contributed by atoms with van der Waals surface area (Å²) in [6.07, 6.45) is 7.00. The maximum absolute atomic E-state index is 13.4. The average molecular weight is 522 g/mol. The third-order valence-electron chi connectivity index (χ3n) is 7.01. The molecule has 2 saturated heterocycles. The predicted octanol–water partition coefficient (Wildman–Crippen LogP) is 4.69. The summed E-state index contributed by atoms with van der Waals surface area (Å²) >= 11 is 0. The summed E-state index contributed by atoms with van der Waals surface area (Å²) in [5.74, 6) is -0.952. The van der Waals surface area contributed by atoms with Gasteiger partial charge in [-0.05, 0) is 62.1 Å². The Balaban J connectivity index is 1.62. The van der Waals surface area contributed by atoms with Crippen LogP contribution in [-0.4, -0.2) is 70.0 Å². The van der Waals surface area contributed by atoms with E-state index in [1.54, 1.807) is 65.5 Å². The Morgan fingerprint density at radius 3 is 2.45 bits per heavy atom. The molecule has 9 heteroatoms. The van der Waals surface area contributed by atoms with Gasteiger partial charge in [0.15, 0.2) is 0 Å². The normalized spacial score (nSPS) is 19.6. The van der Waals surface area contributed by atoms with Crippen LogP contribution in [0.1, 0.15) is 63.1 Å². The highest BCUT2D eigenvalue weighted by atomic mass is 16.6. The summed E-state index contributed by atoms with van der Waals surface area (Å²) in [4.78, 5) is 46.2. The van der Waals surface area contributed by atoms with Crippen molar-refractivity contribution in [2.45, 2.75) is 58.0 Å². The Kier molecular flexibility index (Phi) is 8.99. The molecule has 1 atom stereocenters. The fraction of sp³-hybridized carbons (Fsp3) is 0.448. The number of amides is 2. The molecule has 0 radical (unpaired) electrons. The third kappa shape index (κ3) is 5.82. The molecule has 3 heterocycles. The van der Waals surface area contributed by atoms with E-state index in [-0.39, 0.29) is 23.5 Å². The second-order valence-electron chi connectivity index (χ2n) is 9.49. The van der Waals surface area contributed by atoms with Gasteiger partial charge < -0.3 is 24.4 Å². The lowest BCUT2D eigenvalue weighted by atomic mass is 9.94. The van der Waals surface area contributed by atoms with E-state index >= 15 is 0 Å². The minimum absolute atomic E-state index is 0.0347. The highest BCUT2D eigenvalue weighted by Gasteiger charge is 2.49. The van der Waals surface area contributed by atoms with Gasteiger partial charge in [0.25, 0.3) is 11.7 Å². The maximum atomic E-state index is 13.4. The number of ether oxygens (including phenoxy) is 2. The van der Waals surface area contributed by atoms with Crippen LogP contribution >= 0.6 is 0 Å². The van der Waals surface area contributed by atoms with Gasteiger partial charge in [-0.2, -0.15) is 0 Å². The summed E-state index contributed by atoms with van der Waals surface area (Å²) in [5.41, 5.74) is 1.10. The first kappa shape index (κ1) is 27.2. The van der Waals surface area contributed by atoms with E-state index in [0.29, 0.717) is 56.0 Å². The Morgan fingerprint density at radius 2 is 1.82 bits per heavy atom. The Labute approximate surface area is 223 Å². The molecule has 1 aromatic heterocycles. The molecule has 2 fully saturated rings. The molecule has 9 nitrogen and oxygen atoms in total. The summed E-state index contributed by atoms with van der Waals surface area (Å²) in [6, 6.07) is 9.35. The summed E-state index contributed by atoms with van der Waals surface area (Å²) < 4.78 is 10.9. The number of carbonyl (C=O) groups is 3. The zero-order chi connectivity index (χ0) is 27.1. The molecular formula is C29H35N3O6. The van der Waals surface area contributed by atoms with E-state index < -0.39 is 17.7 Å². The molecule has 0 saturated carbocycles. The fourth-order valence-corrected chi connectivity index (χ4v) is 5.04. The van der Waals surface area contributed by atoms with Crippen LogP contribution in [0.3, 0.4) is 0 Å². The number of ketones is 1. The zero-order valence-electron chi connectivity index (χ0n) is 22.0. The van der Waals surface area contributed by atoms with E-state index in [9.17, 15) is 19.5 Å². The Bertz CT molecular complexity index is 1160. The number of rotatable bonds is 9. The van der Waals surface area contributed by atoms with E-state index in [1.165, 1.54) is 0 Å². The van der Waals surface area contributed by atoms with Gasteiger partial charge in [-0.3, -0.25) is 14.6 Å². The van der Waals surface area contributed by atoms with Crippen LogP contribution in [0.15, 0.2) is 54.4 Å². The Morgan fingerprint density at radius 1 is 1.08 bits per heavy atom. The number of pyridine rings is 1. The van der Waals surface area contributed by atoms with E-state index in [4.69, 9.17) is 9.47 Å². The first-order valence-corrected chi connectivity index (χ1v) is 13.3. The third-order valence-corrected chi connectivity index (χ3v) is 7.01. The van der Waals surface area contributed by atoms with Crippen molar-refractivity contribution in [1.29, 1.82) is 0 Å². The van der Waals surface area contributed by atoms with Crippen LogP contribution in [-0.2, 0) is 14.3 Å². The van der Waals surface area contributed by atoms with Crippen LogP contribution in [0.25, 0.3) is 5.76 Å². The number of nitrogens with zero attached hydrogens (tertiary/aromatic N) is 3. The van der Waals surface area contributed by atoms with Gasteiger partial charge >= 0.3 is 6.09 Å². The second kappa shape index (κ2) is 12.6. The van der Waals surface area contributed by atoms with Crippen molar-refractivity contribution in [3.63, 3.8) is 0 Å². The molecule has 0 bridgehead atoms. The number of Topliss-reactive ketones (excluding diaryl/α,β-unsaturated/α-hetero) is 1. The van der Waals surface area contributed by atoms with Crippen LogP contribution in [0.4, 0.5) is 4.79 Å². The molecule has 2 aromatic rings. The lowest BCUT2D eigenvalue weighted by Crippen LogP contribution is -2.48. The number of aromatic nitrogens is 1. The highest BCUT2D eigenvalue weighted by molar-refractivity contribution is 6.46. The van der Waals surface area contributed by atoms with Crippen molar-refractivity contribution in [3.8, 4) is 5.75 Å². The van der Waals surface area contributed by atoms with E-state index in [0.717, 1.165) is 19.3 Å². The lowest BCUT2D eigenvalue weighted by Gasteiger charge is -2.38. The molecule has 2 aliphatic rings. The Hall–Kier alpha value is -3.88. The van der Waals surface area contributed by atoms with Crippen molar-refractivity contribution in [1.82, 2.24) is 14.8 Å². The molecule has 1 unspecified atom stereocenters. The van der Waals surface area contributed by atoms with E-state index in [2.05, 4.69) is 11.9 Å². The number of aliphatic hydroxyl groups excluding tert-OH is 1. The average Bonchev–Trinajstić information content (AvgIpc) is 3.21. The second-order valence-corrected chi connectivity index (χ2v) is 9.49. The quantitative estimate of drug-likeness (QED) is 0.221. The molecule has 2 aliphatic heterocycles. The molecule has 2 amide bonds.